The molecule has 1 heterocycles. The van der Waals surface area contributed by atoms with Crippen LogP contribution in [0.2, 0.25) is 0 Å². The summed E-state index contributed by atoms with van der Waals surface area (Å²) in [6, 6.07) is 14.0. The highest BCUT2D eigenvalue weighted by atomic mass is 16.5. The first-order chi connectivity index (χ1) is 10.2. The summed E-state index contributed by atoms with van der Waals surface area (Å²) in [6.45, 7) is 2.77. The van der Waals surface area contributed by atoms with E-state index >= 15 is 0 Å². The fraction of sp³-hybridized carbons (Fsp3) is 0.167. The maximum absolute atomic E-state index is 11.0. The average molecular weight is 279 g/mol. The van der Waals surface area contributed by atoms with Gasteiger partial charge in [0.05, 0.1) is 13.7 Å². The Bertz CT molecular complexity index is 802. The molecule has 0 bridgehead atoms. The van der Waals surface area contributed by atoms with Crippen LogP contribution in [0.1, 0.15) is 21.5 Å². The molecule has 21 heavy (non-hydrogen) atoms. The van der Waals surface area contributed by atoms with Crippen molar-refractivity contribution in [1.82, 2.24) is 4.57 Å². The highest BCUT2D eigenvalue weighted by Gasteiger charge is 2.07. The normalized spacial score (nSPS) is 10.8. The topological polar surface area (TPSA) is 31.2 Å². The van der Waals surface area contributed by atoms with E-state index in [1.807, 2.05) is 12.1 Å². The number of methoxy groups -OCH3 is 1. The van der Waals surface area contributed by atoms with E-state index < -0.39 is 0 Å². The predicted molar refractivity (Wildman–Crippen MR) is 84.2 cm³/mol. The van der Waals surface area contributed by atoms with Crippen LogP contribution in [-0.2, 0) is 6.54 Å². The standard InChI is InChI=1S/C18H17NO2/c1-13-3-5-15-7-8-19(17(15)9-13)11-16-10-14(12-20)4-6-18(16)21-2/h3-10,12H,11H2,1-2H3. The highest BCUT2D eigenvalue weighted by Crippen LogP contribution is 2.24. The van der Waals surface area contributed by atoms with Crippen molar-refractivity contribution in [3.63, 3.8) is 0 Å². The zero-order chi connectivity index (χ0) is 14.8. The maximum Gasteiger partial charge on any atom is 0.150 e. The largest absolute Gasteiger partial charge is 0.496 e. The van der Waals surface area contributed by atoms with E-state index in [2.05, 4.69) is 42.0 Å². The van der Waals surface area contributed by atoms with Crippen LogP contribution in [0, 0.1) is 6.92 Å². The summed E-state index contributed by atoms with van der Waals surface area (Å²) < 4.78 is 7.58. The number of carbonyl (C=O) groups is 1. The maximum atomic E-state index is 11.0. The Labute approximate surface area is 123 Å². The summed E-state index contributed by atoms with van der Waals surface area (Å²) in [5.74, 6) is 0.801. The molecule has 3 rings (SSSR count). The Morgan fingerprint density at radius 1 is 1.14 bits per heavy atom. The smallest absolute Gasteiger partial charge is 0.150 e. The van der Waals surface area contributed by atoms with Gasteiger partial charge in [-0.3, -0.25) is 4.79 Å². The second-order valence-corrected chi connectivity index (χ2v) is 5.20. The predicted octanol–water partition coefficient (Wildman–Crippen LogP) is 3.82. The SMILES string of the molecule is COc1ccc(C=O)cc1Cn1ccc2ccc(C)cc21. The van der Waals surface area contributed by atoms with Crippen molar-refractivity contribution in [2.75, 3.05) is 7.11 Å². The molecule has 0 spiro atoms. The molecule has 0 unspecified atom stereocenters. The van der Waals surface area contributed by atoms with Crippen molar-refractivity contribution in [3.05, 3.63) is 65.4 Å². The number of ether oxygens (including phenoxy) is 1. The number of hydrogen-bond donors (Lipinski definition) is 0. The van der Waals surface area contributed by atoms with Crippen LogP contribution in [0.25, 0.3) is 10.9 Å². The van der Waals surface area contributed by atoms with E-state index in [1.165, 1.54) is 16.5 Å². The van der Waals surface area contributed by atoms with E-state index in [4.69, 9.17) is 4.74 Å². The number of aryl methyl sites for hydroxylation is 1. The van der Waals surface area contributed by atoms with Gasteiger partial charge in [-0.25, -0.2) is 0 Å². The molecule has 3 aromatic rings. The lowest BCUT2D eigenvalue weighted by molar-refractivity contribution is 0.112. The molecule has 0 aliphatic rings. The van der Waals surface area contributed by atoms with E-state index in [1.54, 1.807) is 13.2 Å². The summed E-state index contributed by atoms with van der Waals surface area (Å²) in [6.07, 6.45) is 2.93. The molecule has 106 valence electrons. The van der Waals surface area contributed by atoms with Crippen LogP contribution in [0.3, 0.4) is 0 Å². The van der Waals surface area contributed by atoms with Crippen molar-refractivity contribution in [1.29, 1.82) is 0 Å². The summed E-state index contributed by atoms with van der Waals surface area (Å²) in [7, 11) is 1.65. The van der Waals surface area contributed by atoms with Crippen LogP contribution < -0.4 is 4.74 Å². The Kier molecular flexibility index (Phi) is 3.48. The van der Waals surface area contributed by atoms with Crippen molar-refractivity contribution in [3.8, 4) is 5.75 Å². The van der Waals surface area contributed by atoms with Crippen molar-refractivity contribution in [2.24, 2.45) is 0 Å². The van der Waals surface area contributed by atoms with Gasteiger partial charge < -0.3 is 9.30 Å². The third-order valence-electron chi connectivity index (χ3n) is 3.71. The summed E-state index contributed by atoms with van der Waals surface area (Å²) in [5.41, 5.74) is 4.09. The lowest BCUT2D eigenvalue weighted by atomic mass is 10.1. The molecule has 0 atom stereocenters. The number of hydrogen-bond acceptors (Lipinski definition) is 2. The van der Waals surface area contributed by atoms with Gasteiger partial charge in [-0.15, -0.1) is 0 Å². The molecule has 0 amide bonds. The van der Waals surface area contributed by atoms with Gasteiger partial charge in [0.15, 0.2) is 0 Å². The minimum Gasteiger partial charge on any atom is -0.496 e. The molecular formula is C18H17NO2. The molecule has 0 saturated carbocycles. The molecule has 2 aromatic carbocycles. The van der Waals surface area contributed by atoms with Crippen LogP contribution in [-0.4, -0.2) is 18.0 Å². The molecular weight excluding hydrogens is 262 g/mol. The number of benzene rings is 2. The van der Waals surface area contributed by atoms with Crippen LogP contribution >= 0.6 is 0 Å². The molecule has 0 N–H and O–H groups in total. The van der Waals surface area contributed by atoms with E-state index in [0.29, 0.717) is 12.1 Å². The Morgan fingerprint density at radius 2 is 2.00 bits per heavy atom. The van der Waals surface area contributed by atoms with E-state index in [9.17, 15) is 4.79 Å². The highest BCUT2D eigenvalue weighted by molar-refractivity contribution is 5.81. The van der Waals surface area contributed by atoms with Gasteiger partial charge in [0.1, 0.15) is 12.0 Å². The van der Waals surface area contributed by atoms with Crippen molar-refractivity contribution < 1.29 is 9.53 Å². The third kappa shape index (κ3) is 2.55. The zero-order valence-electron chi connectivity index (χ0n) is 12.2. The first-order valence-electron chi connectivity index (χ1n) is 6.89. The van der Waals surface area contributed by atoms with Crippen LogP contribution in [0.15, 0.2) is 48.7 Å². The van der Waals surface area contributed by atoms with Gasteiger partial charge in [0.25, 0.3) is 0 Å². The van der Waals surface area contributed by atoms with Crippen LogP contribution in [0.5, 0.6) is 5.75 Å². The van der Waals surface area contributed by atoms with E-state index in [0.717, 1.165) is 17.6 Å². The molecule has 0 saturated heterocycles. The van der Waals surface area contributed by atoms with E-state index in [-0.39, 0.29) is 0 Å². The summed E-state index contributed by atoms with van der Waals surface area (Å²) >= 11 is 0. The Hall–Kier alpha value is -2.55. The zero-order valence-corrected chi connectivity index (χ0v) is 12.2. The average Bonchev–Trinajstić information content (AvgIpc) is 2.89. The molecule has 1 aromatic heterocycles. The lowest BCUT2D eigenvalue weighted by Gasteiger charge is -2.11. The molecule has 3 heteroatoms. The van der Waals surface area contributed by atoms with Gasteiger partial charge in [-0.2, -0.15) is 0 Å². The van der Waals surface area contributed by atoms with Gasteiger partial charge in [-0.1, -0.05) is 12.1 Å². The van der Waals surface area contributed by atoms with Crippen molar-refractivity contribution >= 4 is 17.2 Å². The molecule has 0 aliphatic heterocycles. The Morgan fingerprint density at radius 3 is 2.76 bits per heavy atom. The van der Waals surface area contributed by atoms with Gasteiger partial charge in [0.2, 0.25) is 0 Å². The monoisotopic (exact) mass is 279 g/mol. The number of aldehydes is 1. The number of carbonyl (C=O) groups excluding carboxylic acids is 1. The third-order valence-corrected chi connectivity index (χ3v) is 3.71. The first kappa shape index (κ1) is 13.4. The summed E-state index contributed by atoms with van der Waals surface area (Å²) in [4.78, 5) is 11.0. The summed E-state index contributed by atoms with van der Waals surface area (Å²) in [5, 5.41) is 1.21. The number of aromatic nitrogens is 1. The second-order valence-electron chi connectivity index (χ2n) is 5.20. The van der Waals surface area contributed by atoms with Gasteiger partial charge in [-0.05, 0) is 48.2 Å². The van der Waals surface area contributed by atoms with Gasteiger partial charge in [0, 0.05) is 22.8 Å². The molecule has 0 radical (unpaired) electrons. The minimum absolute atomic E-state index is 0.665. The molecule has 0 aliphatic carbocycles. The number of fused-ring (bicyclic) bond motifs is 1. The van der Waals surface area contributed by atoms with Crippen LogP contribution in [0.4, 0.5) is 0 Å². The fourth-order valence-corrected chi connectivity index (χ4v) is 2.61. The minimum atomic E-state index is 0.665. The number of nitrogens with zero attached hydrogens (tertiary/aromatic N) is 1. The Balaban J connectivity index is 2.05. The first-order valence-corrected chi connectivity index (χ1v) is 6.89. The van der Waals surface area contributed by atoms with Gasteiger partial charge >= 0.3 is 0 Å². The molecule has 0 fully saturated rings. The fourth-order valence-electron chi connectivity index (χ4n) is 2.61. The number of rotatable bonds is 4. The molecule has 3 nitrogen and oxygen atoms in total. The quantitative estimate of drug-likeness (QED) is 0.680. The second kappa shape index (κ2) is 5.44. The van der Waals surface area contributed by atoms with Crippen molar-refractivity contribution in [2.45, 2.75) is 13.5 Å². The lowest BCUT2D eigenvalue weighted by Crippen LogP contribution is -2.01.